The Morgan fingerprint density at radius 3 is 2.24 bits per heavy atom. The molecule has 2 aliphatic carbocycles. The third-order valence-corrected chi connectivity index (χ3v) is 9.91. The number of allylic oxidation sites excluding steroid dienone is 3. The van der Waals surface area contributed by atoms with Crippen molar-refractivity contribution in [3.05, 3.63) is 105 Å². The first kappa shape index (κ1) is 38.7. The number of hydrogen-bond donors (Lipinski definition) is 0. The van der Waals surface area contributed by atoms with Crippen molar-refractivity contribution in [1.29, 1.82) is 5.26 Å². The summed E-state index contributed by atoms with van der Waals surface area (Å²) in [6.45, 7) is 23.7. The fourth-order valence-electron chi connectivity index (χ4n) is 5.96. The highest BCUT2D eigenvalue weighted by molar-refractivity contribution is 7.14. The van der Waals surface area contributed by atoms with Crippen LogP contribution in [0.15, 0.2) is 67.0 Å². The van der Waals surface area contributed by atoms with Gasteiger partial charge in [0.2, 0.25) is 0 Å². The standard InChI is InChI=1S/C35H36F2N2S.3C2H6/c1-22-11-15-31(16-12-22)39(21-29-18-28(14-13-23(29)2)27-8-5-7-26(17-27)20-38)25(4)34-24(3)32-19-30(36)9-6-10-33(37)35(32)40-34;3*1-2/h5,7-10,13-14,17-18,22,31H,4,6,11-12,15-16,19,21H2,1-3H3;3*1-2H3/b30-9+,33-10?;;;. The zero-order valence-electron chi connectivity index (χ0n) is 29.6. The second-order valence-electron chi connectivity index (χ2n) is 11.3. The Morgan fingerprint density at radius 2 is 1.59 bits per heavy atom. The number of rotatable bonds is 6. The van der Waals surface area contributed by atoms with Crippen molar-refractivity contribution < 1.29 is 8.78 Å². The van der Waals surface area contributed by atoms with Gasteiger partial charge in [-0.25, -0.2) is 8.78 Å². The Balaban J connectivity index is 0.00000116. The molecule has 5 rings (SSSR count). The Morgan fingerprint density at radius 1 is 0.935 bits per heavy atom. The van der Waals surface area contributed by atoms with Crippen LogP contribution in [-0.4, -0.2) is 10.9 Å². The van der Waals surface area contributed by atoms with Gasteiger partial charge in [0, 0.05) is 24.7 Å². The van der Waals surface area contributed by atoms with Crippen LogP contribution in [0.3, 0.4) is 0 Å². The van der Waals surface area contributed by atoms with Crippen LogP contribution in [0.25, 0.3) is 22.7 Å². The maximum atomic E-state index is 15.1. The molecule has 46 heavy (non-hydrogen) atoms. The van der Waals surface area contributed by atoms with Gasteiger partial charge in [-0.3, -0.25) is 0 Å². The first-order valence-electron chi connectivity index (χ1n) is 17.1. The number of aryl methyl sites for hydroxylation is 1. The zero-order valence-corrected chi connectivity index (χ0v) is 30.4. The van der Waals surface area contributed by atoms with Crippen molar-refractivity contribution in [3.8, 4) is 17.2 Å². The Hall–Kier alpha value is -3.49. The molecule has 2 aliphatic rings. The molecule has 1 aromatic heterocycles. The summed E-state index contributed by atoms with van der Waals surface area (Å²) in [5, 5.41) is 9.39. The molecule has 0 atom stereocenters. The van der Waals surface area contributed by atoms with Crippen LogP contribution in [0.5, 0.6) is 0 Å². The first-order chi connectivity index (χ1) is 22.2. The lowest BCUT2D eigenvalue weighted by atomic mass is 9.86. The summed E-state index contributed by atoms with van der Waals surface area (Å²) in [4.78, 5) is 3.89. The lowest BCUT2D eigenvalue weighted by Crippen LogP contribution is -2.36. The van der Waals surface area contributed by atoms with Crippen molar-refractivity contribution in [2.24, 2.45) is 5.92 Å². The van der Waals surface area contributed by atoms with E-state index in [1.807, 2.05) is 72.7 Å². The van der Waals surface area contributed by atoms with Gasteiger partial charge in [-0.1, -0.05) is 79.3 Å². The summed E-state index contributed by atoms with van der Waals surface area (Å²) in [5.41, 5.74) is 7.67. The molecule has 1 fully saturated rings. The van der Waals surface area contributed by atoms with Gasteiger partial charge in [-0.2, -0.15) is 5.26 Å². The minimum atomic E-state index is -0.271. The summed E-state index contributed by atoms with van der Waals surface area (Å²) < 4.78 is 29.6. The number of thiophene rings is 1. The molecule has 248 valence electrons. The molecule has 0 N–H and O–H groups in total. The first-order valence-corrected chi connectivity index (χ1v) is 18.0. The van der Waals surface area contributed by atoms with Gasteiger partial charge >= 0.3 is 0 Å². The van der Waals surface area contributed by atoms with Crippen LogP contribution in [0.4, 0.5) is 8.78 Å². The number of nitriles is 1. The molecule has 0 amide bonds. The molecule has 2 aromatic carbocycles. The van der Waals surface area contributed by atoms with Crippen molar-refractivity contribution in [2.75, 3.05) is 0 Å². The quantitative estimate of drug-likeness (QED) is 0.267. The predicted octanol–water partition coefficient (Wildman–Crippen LogP) is 13.1. The lowest BCUT2D eigenvalue weighted by molar-refractivity contribution is 0.198. The zero-order chi connectivity index (χ0) is 34.4. The van der Waals surface area contributed by atoms with Gasteiger partial charge in [-0.05, 0) is 116 Å². The van der Waals surface area contributed by atoms with Gasteiger partial charge in [0.05, 0.1) is 21.4 Å². The fraction of sp³-hybridized carbons (Fsp3) is 0.439. The van der Waals surface area contributed by atoms with E-state index in [0.29, 0.717) is 28.9 Å². The van der Waals surface area contributed by atoms with Gasteiger partial charge in [0.1, 0.15) is 11.7 Å². The Labute approximate surface area is 282 Å². The maximum Gasteiger partial charge on any atom is 0.137 e. The van der Waals surface area contributed by atoms with Gasteiger partial charge < -0.3 is 4.90 Å². The van der Waals surface area contributed by atoms with E-state index in [-0.39, 0.29) is 24.5 Å². The topological polar surface area (TPSA) is 27.0 Å². The van der Waals surface area contributed by atoms with E-state index >= 15 is 4.39 Å². The second-order valence-corrected chi connectivity index (χ2v) is 12.3. The molecule has 0 unspecified atom stereocenters. The summed E-state index contributed by atoms with van der Waals surface area (Å²) in [5.74, 6) is 0.224. The van der Waals surface area contributed by atoms with Gasteiger partial charge in [0.15, 0.2) is 0 Å². The van der Waals surface area contributed by atoms with E-state index in [2.05, 4.69) is 49.6 Å². The molecular formula is C41H54F2N2S. The summed E-state index contributed by atoms with van der Waals surface area (Å²) >= 11 is 1.41. The van der Waals surface area contributed by atoms with Crippen molar-refractivity contribution in [3.63, 3.8) is 0 Å². The molecular weight excluding hydrogens is 591 g/mol. The molecule has 1 heterocycles. The van der Waals surface area contributed by atoms with Crippen molar-refractivity contribution in [2.45, 2.75) is 113 Å². The number of nitrogens with zero attached hydrogens (tertiary/aromatic N) is 2. The predicted molar refractivity (Wildman–Crippen MR) is 197 cm³/mol. The molecule has 0 saturated heterocycles. The third-order valence-electron chi connectivity index (χ3n) is 8.52. The monoisotopic (exact) mass is 644 g/mol. The highest BCUT2D eigenvalue weighted by Crippen LogP contribution is 2.43. The average Bonchev–Trinajstić information content (AvgIpc) is 3.41. The van der Waals surface area contributed by atoms with Gasteiger partial charge in [0.25, 0.3) is 0 Å². The maximum absolute atomic E-state index is 15.1. The molecule has 5 heteroatoms. The minimum Gasteiger partial charge on any atom is -0.364 e. The molecule has 0 bridgehead atoms. The third kappa shape index (κ3) is 9.52. The number of benzene rings is 2. The largest absolute Gasteiger partial charge is 0.364 e. The fourth-order valence-corrected chi connectivity index (χ4v) is 7.20. The summed E-state index contributed by atoms with van der Waals surface area (Å²) in [6.07, 6.45) is 7.82. The normalized spacial score (nSPS) is 18.0. The summed E-state index contributed by atoms with van der Waals surface area (Å²) in [6, 6.07) is 16.7. The highest BCUT2D eigenvalue weighted by Gasteiger charge is 2.29. The van der Waals surface area contributed by atoms with E-state index in [9.17, 15) is 9.65 Å². The summed E-state index contributed by atoms with van der Waals surface area (Å²) in [7, 11) is 0. The minimum absolute atomic E-state index is 0.121. The van der Waals surface area contributed by atoms with E-state index < -0.39 is 0 Å². The van der Waals surface area contributed by atoms with Crippen LogP contribution in [0.1, 0.15) is 118 Å². The number of halogens is 2. The molecule has 3 aromatic rings. The van der Waals surface area contributed by atoms with Crippen LogP contribution in [0.2, 0.25) is 0 Å². The molecule has 1 saturated carbocycles. The van der Waals surface area contributed by atoms with Crippen molar-refractivity contribution >= 4 is 22.9 Å². The Bertz CT molecular complexity index is 1530. The molecule has 2 nitrogen and oxygen atoms in total. The number of hydrogen-bond acceptors (Lipinski definition) is 3. The van der Waals surface area contributed by atoms with Crippen LogP contribution >= 0.6 is 11.3 Å². The second kappa shape index (κ2) is 19.2. The van der Waals surface area contributed by atoms with E-state index in [4.69, 9.17) is 0 Å². The Kier molecular flexibility index (Phi) is 16.2. The van der Waals surface area contributed by atoms with Crippen LogP contribution < -0.4 is 0 Å². The molecule has 0 radical (unpaired) electrons. The van der Waals surface area contributed by atoms with Crippen LogP contribution in [-0.2, 0) is 13.0 Å². The van der Waals surface area contributed by atoms with Crippen LogP contribution in [0, 0.1) is 31.1 Å². The van der Waals surface area contributed by atoms with Gasteiger partial charge in [-0.15, -0.1) is 11.3 Å². The molecule has 0 spiro atoms. The SMILES string of the molecule is C=C(c1sc2c(c1C)C/C(F)=C\CC=C2F)N(Cc1cc(-c2cccc(C#N)c2)ccc1C)C1CCC(C)CC1.CC.CC.CC. The highest BCUT2D eigenvalue weighted by atomic mass is 32.1. The van der Waals surface area contributed by atoms with Crippen molar-refractivity contribution in [1.82, 2.24) is 4.90 Å². The smallest absolute Gasteiger partial charge is 0.137 e. The van der Waals surface area contributed by atoms with E-state index in [1.54, 1.807) is 0 Å². The lowest BCUT2D eigenvalue weighted by Gasteiger charge is -2.39. The number of fused-ring (bicyclic) bond motifs is 1. The van der Waals surface area contributed by atoms with E-state index in [1.165, 1.54) is 47.5 Å². The van der Waals surface area contributed by atoms with E-state index in [0.717, 1.165) is 45.7 Å². The average molecular weight is 645 g/mol. The molecule has 0 aliphatic heterocycles.